The largest absolute Gasteiger partial charge is 0.378 e. The van der Waals surface area contributed by atoms with Gasteiger partial charge >= 0.3 is 0 Å². The van der Waals surface area contributed by atoms with Crippen LogP contribution in [0, 0.1) is 5.82 Å². The van der Waals surface area contributed by atoms with E-state index in [2.05, 4.69) is 5.32 Å². The summed E-state index contributed by atoms with van der Waals surface area (Å²) in [6, 6.07) is 10.7. The first-order chi connectivity index (χ1) is 9.97. The number of halogens is 4. The van der Waals surface area contributed by atoms with Crippen LogP contribution in [0.15, 0.2) is 47.4 Å². The predicted molar refractivity (Wildman–Crippen MR) is 81.8 cm³/mol. The molecule has 1 N–H and O–H groups in total. The minimum Gasteiger partial charge on any atom is -0.378 e. The van der Waals surface area contributed by atoms with Gasteiger partial charge in [-0.05, 0) is 36.8 Å². The average Bonchev–Trinajstić information content (AvgIpc) is 2.40. The Bertz CT molecular complexity index is 622. The van der Waals surface area contributed by atoms with Crippen molar-refractivity contribution in [2.24, 2.45) is 0 Å². The number of anilines is 1. The molecule has 2 rings (SSSR count). The lowest BCUT2D eigenvalue weighted by molar-refractivity contribution is 0.252. The maximum Gasteiger partial charge on any atom is 0.288 e. The molecule has 0 saturated carbocycles. The van der Waals surface area contributed by atoms with E-state index < -0.39 is 11.6 Å². The van der Waals surface area contributed by atoms with Gasteiger partial charge in [0.2, 0.25) is 0 Å². The second-order valence-electron chi connectivity index (χ2n) is 4.41. The monoisotopic (exact) mass is 331 g/mol. The molecule has 112 valence electrons. The normalized spacial score (nSPS) is 12.5. The van der Waals surface area contributed by atoms with E-state index in [0.717, 1.165) is 0 Å². The Morgan fingerprint density at radius 1 is 1.14 bits per heavy atom. The van der Waals surface area contributed by atoms with Crippen molar-refractivity contribution in [1.29, 1.82) is 0 Å². The Morgan fingerprint density at radius 2 is 1.86 bits per heavy atom. The van der Waals surface area contributed by atoms with E-state index in [1.807, 2.05) is 6.92 Å². The van der Waals surface area contributed by atoms with Crippen LogP contribution >= 0.6 is 23.4 Å². The lowest BCUT2D eigenvalue weighted by Crippen LogP contribution is -2.08. The molecular formula is C15H13ClF3NS. The van der Waals surface area contributed by atoms with E-state index >= 15 is 0 Å². The van der Waals surface area contributed by atoms with Gasteiger partial charge in [0.05, 0.1) is 6.04 Å². The fourth-order valence-corrected chi connectivity index (χ4v) is 2.88. The van der Waals surface area contributed by atoms with Crippen molar-refractivity contribution in [3.63, 3.8) is 0 Å². The van der Waals surface area contributed by atoms with E-state index in [1.54, 1.807) is 30.3 Å². The molecule has 0 aliphatic heterocycles. The molecule has 0 aliphatic carbocycles. The highest BCUT2D eigenvalue weighted by Gasteiger charge is 2.14. The van der Waals surface area contributed by atoms with Crippen LogP contribution in [0.3, 0.4) is 0 Å². The van der Waals surface area contributed by atoms with Gasteiger partial charge in [0.25, 0.3) is 5.76 Å². The maximum absolute atomic E-state index is 13.1. The van der Waals surface area contributed by atoms with Crippen molar-refractivity contribution in [3.8, 4) is 0 Å². The lowest BCUT2D eigenvalue weighted by Gasteiger charge is -2.19. The first-order valence-electron chi connectivity index (χ1n) is 6.22. The minimum absolute atomic E-state index is 0.238. The van der Waals surface area contributed by atoms with Crippen molar-refractivity contribution in [2.75, 3.05) is 5.32 Å². The summed E-state index contributed by atoms with van der Waals surface area (Å²) in [5, 5.41) is 3.43. The van der Waals surface area contributed by atoms with Crippen LogP contribution in [-0.2, 0) is 0 Å². The van der Waals surface area contributed by atoms with Crippen LogP contribution in [0.25, 0.3) is 0 Å². The third-order valence-electron chi connectivity index (χ3n) is 2.90. The maximum atomic E-state index is 13.1. The van der Waals surface area contributed by atoms with E-state index in [9.17, 15) is 13.2 Å². The van der Waals surface area contributed by atoms with Gasteiger partial charge < -0.3 is 5.32 Å². The number of thioether (sulfide) groups is 1. The minimum atomic E-state index is -2.49. The molecule has 0 radical (unpaired) electrons. The highest BCUT2D eigenvalue weighted by atomic mass is 35.5. The van der Waals surface area contributed by atoms with Gasteiger partial charge in [-0.1, -0.05) is 41.6 Å². The van der Waals surface area contributed by atoms with Crippen LogP contribution in [0.4, 0.5) is 18.9 Å². The fraction of sp³-hybridized carbons (Fsp3) is 0.200. The van der Waals surface area contributed by atoms with Crippen molar-refractivity contribution in [2.45, 2.75) is 23.6 Å². The van der Waals surface area contributed by atoms with Gasteiger partial charge in [-0.3, -0.25) is 0 Å². The van der Waals surface area contributed by atoms with Gasteiger partial charge in [0.1, 0.15) is 5.82 Å². The Hall–Kier alpha value is -1.33. The highest BCUT2D eigenvalue weighted by Crippen LogP contribution is 2.34. The predicted octanol–water partition coefficient (Wildman–Crippen LogP) is 5.97. The molecule has 0 aromatic heterocycles. The van der Waals surface area contributed by atoms with E-state index in [1.165, 1.54) is 12.1 Å². The number of nitrogens with one attached hydrogen (secondary N) is 1. The van der Waals surface area contributed by atoms with Crippen molar-refractivity contribution >= 4 is 29.1 Å². The summed E-state index contributed by atoms with van der Waals surface area (Å²) >= 11 is 6.49. The molecule has 1 atom stereocenters. The number of hydrogen-bond acceptors (Lipinski definition) is 2. The summed E-state index contributed by atoms with van der Waals surface area (Å²) < 4.78 is 38.1. The Balaban J connectivity index is 2.21. The van der Waals surface area contributed by atoms with Gasteiger partial charge in [0.15, 0.2) is 0 Å². The molecule has 6 heteroatoms. The zero-order valence-electron chi connectivity index (χ0n) is 11.1. The molecule has 0 heterocycles. The number of para-hydroxylation sites is 1. The molecule has 0 aliphatic rings. The van der Waals surface area contributed by atoms with Gasteiger partial charge in [-0.25, -0.2) is 4.39 Å². The molecule has 21 heavy (non-hydrogen) atoms. The van der Waals surface area contributed by atoms with E-state index in [4.69, 9.17) is 11.6 Å². The second-order valence-corrected chi connectivity index (χ2v) is 5.85. The summed E-state index contributed by atoms with van der Waals surface area (Å²) in [6.07, 6.45) is 0. The summed E-state index contributed by atoms with van der Waals surface area (Å²) in [5.74, 6) is -2.90. The molecule has 0 saturated heterocycles. The SMILES string of the molecule is CC(Nc1ccccc1SC(F)F)c1ccc(F)cc1Cl. The first kappa shape index (κ1) is 16.0. The number of hydrogen-bond donors (Lipinski definition) is 1. The van der Waals surface area contributed by atoms with E-state index in [-0.39, 0.29) is 6.04 Å². The van der Waals surface area contributed by atoms with Crippen LogP contribution < -0.4 is 5.32 Å². The quantitative estimate of drug-likeness (QED) is 0.678. The third kappa shape index (κ3) is 4.32. The third-order valence-corrected chi connectivity index (χ3v) is 4.02. The van der Waals surface area contributed by atoms with Crippen LogP contribution in [0.1, 0.15) is 18.5 Å². The highest BCUT2D eigenvalue weighted by molar-refractivity contribution is 7.99. The zero-order chi connectivity index (χ0) is 15.4. The molecule has 0 bridgehead atoms. The molecule has 0 fully saturated rings. The summed E-state index contributed by atoms with van der Waals surface area (Å²) in [6.45, 7) is 1.84. The van der Waals surface area contributed by atoms with Crippen molar-refractivity contribution in [3.05, 3.63) is 58.9 Å². The standard InChI is InChI=1S/C15H13ClF3NS/c1-9(11-7-6-10(17)8-12(11)16)20-13-4-2-3-5-14(13)21-15(18)19/h2-9,15,20H,1H3. The molecular weight excluding hydrogens is 319 g/mol. The molecule has 1 nitrogen and oxygen atoms in total. The summed E-state index contributed by atoms with van der Waals surface area (Å²) in [4.78, 5) is 0.456. The number of alkyl halides is 2. The van der Waals surface area contributed by atoms with Gasteiger partial charge in [-0.2, -0.15) is 8.78 Å². The van der Waals surface area contributed by atoms with Crippen molar-refractivity contribution < 1.29 is 13.2 Å². The van der Waals surface area contributed by atoms with Crippen LogP contribution in [0.5, 0.6) is 0 Å². The topological polar surface area (TPSA) is 12.0 Å². The smallest absolute Gasteiger partial charge is 0.288 e. The average molecular weight is 332 g/mol. The molecule has 0 amide bonds. The number of benzene rings is 2. The molecule has 0 spiro atoms. The molecule has 2 aromatic rings. The Labute approximate surface area is 130 Å². The lowest BCUT2D eigenvalue weighted by atomic mass is 10.1. The van der Waals surface area contributed by atoms with Gasteiger partial charge in [0, 0.05) is 15.6 Å². The Morgan fingerprint density at radius 3 is 2.52 bits per heavy atom. The Kier molecular flexibility index (Phi) is 5.42. The van der Waals surface area contributed by atoms with Crippen molar-refractivity contribution in [1.82, 2.24) is 0 Å². The van der Waals surface area contributed by atoms with E-state index in [0.29, 0.717) is 32.9 Å². The summed E-state index contributed by atoms with van der Waals surface area (Å²) in [5.41, 5.74) is 1.30. The molecule has 2 aromatic carbocycles. The molecule has 1 unspecified atom stereocenters. The second kappa shape index (κ2) is 7.09. The first-order valence-corrected chi connectivity index (χ1v) is 7.48. The zero-order valence-corrected chi connectivity index (χ0v) is 12.7. The summed E-state index contributed by atoms with van der Waals surface area (Å²) in [7, 11) is 0. The van der Waals surface area contributed by atoms with Crippen LogP contribution in [-0.4, -0.2) is 5.76 Å². The van der Waals surface area contributed by atoms with Gasteiger partial charge in [-0.15, -0.1) is 0 Å². The van der Waals surface area contributed by atoms with Crippen LogP contribution in [0.2, 0.25) is 5.02 Å². The fourth-order valence-electron chi connectivity index (χ4n) is 1.95. The number of rotatable bonds is 5.